The lowest BCUT2D eigenvalue weighted by atomic mass is 10.2. The first-order valence-corrected chi connectivity index (χ1v) is 6.18. The summed E-state index contributed by atoms with van der Waals surface area (Å²) in [7, 11) is 0. The van der Waals surface area contributed by atoms with Gasteiger partial charge in [-0.15, -0.1) is 11.3 Å². The van der Waals surface area contributed by atoms with E-state index >= 15 is 0 Å². The normalized spacial score (nSPS) is 10.6. The van der Waals surface area contributed by atoms with Crippen molar-refractivity contribution in [2.24, 2.45) is 0 Å². The molecule has 0 spiro atoms. The first kappa shape index (κ1) is 10.2. The van der Waals surface area contributed by atoms with E-state index in [9.17, 15) is 0 Å². The van der Waals surface area contributed by atoms with Gasteiger partial charge in [0.25, 0.3) is 0 Å². The smallest absolute Gasteiger partial charge is 0.138 e. The number of hydrogen-bond donors (Lipinski definition) is 1. The molecular formula is C13H11N3S. The molecule has 1 N–H and O–H groups in total. The minimum Gasteiger partial charge on any atom is -0.344 e. The molecule has 0 saturated heterocycles. The molecule has 3 rings (SSSR count). The van der Waals surface area contributed by atoms with Crippen molar-refractivity contribution in [1.29, 1.82) is 0 Å². The highest BCUT2D eigenvalue weighted by Crippen LogP contribution is 2.26. The molecule has 17 heavy (non-hydrogen) atoms. The van der Waals surface area contributed by atoms with Crippen LogP contribution >= 0.6 is 11.3 Å². The Hall–Kier alpha value is -1.94. The molecule has 0 aliphatic carbocycles. The molecule has 0 atom stereocenters. The number of rotatable bonds is 2. The van der Waals surface area contributed by atoms with E-state index in [0.717, 1.165) is 27.0 Å². The van der Waals surface area contributed by atoms with Crippen LogP contribution in [0.25, 0.3) is 22.0 Å². The number of aryl methyl sites for hydroxylation is 1. The average Bonchev–Trinajstić information content (AvgIpc) is 2.98. The van der Waals surface area contributed by atoms with Gasteiger partial charge in [-0.1, -0.05) is 30.3 Å². The number of aromatic nitrogens is 3. The van der Waals surface area contributed by atoms with Crippen LogP contribution in [0.2, 0.25) is 0 Å². The predicted octanol–water partition coefficient (Wildman–Crippen LogP) is 3.51. The topological polar surface area (TPSA) is 41.6 Å². The van der Waals surface area contributed by atoms with Crippen molar-refractivity contribution in [2.75, 3.05) is 0 Å². The van der Waals surface area contributed by atoms with Crippen molar-refractivity contribution >= 4 is 11.3 Å². The monoisotopic (exact) mass is 241 g/mol. The number of hydrogen-bond acceptors (Lipinski definition) is 3. The standard InChI is InChI=1S/C13H11N3S/c1-9-14-8-12(17-9)11-7-15-13(16-11)10-5-3-2-4-6-10/h2-8H,1H3,(H,15,16). The molecule has 84 valence electrons. The van der Waals surface area contributed by atoms with Crippen LogP contribution < -0.4 is 0 Å². The van der Waals surface area contributed by atoms with E-state index in [1.54, 1.807) is 11.3 Å². The second-order valence-corrected chi connectivity index (χ2v) is 4.98. The third-order valence-electron chi connectivity index (χ3n) is 2.50. The van der Waals surface area contributed by atoms with Gasteiger partial charge in [-0.25, -0.2) is 9.97 Å². The number of H-pyrrole nitrogens is 1. The maximum absolute atomic E-state index is 4.58. The molecule has 2 aromatic heterocycles. The highest BCUT2D eigenvalue weighted by molar-refractivity contribution is 7.15. The third kappa shape index (κ3) is 1.99. The van der Waals surface area contributed by atoms with Gasteiger partial charge < -0.3 is 4.98 Å². The maximum atomic E-state index is 4.58. The van der Waals surface area contributed by atoms with E-state index in [2.05, 4.69) is 15.0 Å². The molecule has 0 unspecified atom stereocenters. The summed E-state index contributed by atoms with van der Waals surface area (Å²) < 4.78 is 0. The van der Waals surface area contributed by atoms with Crippen molar-refractivity contribution in [3.8, 4) is 22.0 Å². The molecule has 0 fully saturated rings. The van der Waals surface area contributed by atoms with Crippen molar-refractivity contribution in [2.45, 2.75) is 6.92 Å². The van der Waals surface area contributed by atoms with Crippen LogP contribution in [0.1, 0.15) is 5.01 Å². The van der Waals surface area contributed by atoms with Gasteiger partial charge >= 0.3 is 0 Å². The molecule has 0 aliphatic rings. The first-order valence-electron chi connectivity index (χ1n) is 5.36. The molecule has 0 amide bonds. The van der Waals surface area contributed by atoms with Gasteiger partial charge in [-0.3, -0.25) is 0 Å². The zero-order valence-electron chi connectivity index (χ0n) is 9.34. The van der Waals surface area contributed by atoms with Crippen LogP contribution in [0.3, 0.4) is 0 Å². The molecule has 0 aliphatic heterocycles. The Labute approximate surface area is 103 Å². The van der Waals surface area contributed by atoms with Gasteiger partial charge in [-0.05, 0) is 6.92 Å². The Kier molecular flexibility index (Phi) is 2.49. The number of benzene rings is 1. The molecule has 3 aromatic rings. The Morgan fingerprint density at radius 1 is 1.18 bits per heavy atom. The van der Waals surface area contributed by atoms with Crippen molar-refractivity contribution in [3.63, 3.8) is 0 Å². The van der Waals surface area contributed by atoms with Gasteiger partial charge in [0.1, 0.15) is 11.5 Å². The Morgan fingerprint density at radius 2 is 2.00 bits per heavy atom. The van der Waals surface area contributed by atoms with E-state index in [1.165, 1.54) is 0 Å². The third-order valence-corrected chi connectivity index (χ3v) is 3.43. The summed E-state index contributed by atoms with van der Waals surface area (Å²) in [5.74, 6) is 0.895. The molecule has 0 bridgehead atoms. The van der Waals surface area contributed by atoms with Gasteiger partial charge in [0.05, 0.1) is 9.88 Å². The molecule has 0 radical (unpaired) electrons. The lowest BCUT2D eigenvalue weighted by Crippen LogP contribution is -1.78. The lowest BCUT2D eigenvalue weighted by molar-refractivity contribution is 1.29. The first-order chi connectivity index (χ1) is 8.33. The van der Waals surface area contributed by atoms with Crippen LogP contribution in [0.4, 0.5) is 0 Å². The maximum Gasteiger partial charge on any atom is 0.138 e. The largest absolute Gasteiger partial charge is 0.344 e. The van der Waals surface area contributed by atoms with E-state index in [0.29, 0.717) is 0 Å². The highest BCUT2D eigenvalue weighted by atomic mass is 32.1. The van der Waals surface area contributed by atoms with E-state index in [4.69, 9.17) is 0 Å². The van der Waals surface area contributed by atoms with Crippen LogP contribution in [-0.4, -0.2) is 15.0 Å². The summed E-state index contributed by atoms with van der Waals surface area (Å²) in [6.45, 7) is 2.00. The summed E-state index contributed by atoms with van der Waals surface area (Å²) in [5.41, 5.74) is 2.05. The van der Waals surface area contributed by atoms with Crippen molar-refractivity contribution in [1.82, 2.24) is 15.0 Å². The number of imidazole rings is 1. The van der Waals surface area contributed by atoms with E-state index < -0.39 is 0 Å². The molecule has 3 nitrogen and oxygen atoms in total. The van der Waals surface area contributed by atoms with Crippen LogP contribution in [0.5, 0.6) is 0 Å². The quantitative estimate of drug-likeness (QED) is 0.746. The summed E-state index contributed by atoms with van der Waals surface area (Å²) in [5, 5.41) is 1.06. The fraction of sp³-hybridized carbons (Fsp3) is 0.0769. The van der Waals surface area contributed by atoms with Crippen molar-refractivity contribution in [3.05, 3.63) is 47.7 Å². The van der Waals surface area contributed by atoms with Crippen molar-refractivity contribution < 1.29 is 0 Å². The lowest BCUT2D eigenvalue weighted by Gasteiger charge is -1.93. The molecule has 4 heteroatoms. The van der Waals surface area contributed by atoms with Gasteiger partial charge in [0.2, 0.25) is 0 Å². The van der Waals surface area contributed by atoms with Crippen LogP contribution in [0.15, 0.2) is 42.7 Å². The Balaban J connectivity index is 1.99. The Morgan fingerprint density at radius 3 is 2.71 bits per heavy atom. The number of nitrogens with zero attached hydrogens (tertiary/aromatic N) is 2. The zero-order chi connectivity index (χ0) is 11.7. The molecule has 0 saturated carbocycles. The molecule has 1 aromatic carbocycles. The Bertz CT molecular complexity index is 625. The fourth-order valence-electron chi connectivity index (χ4n) is 1.67. The number of aromatic amines is 1. The highest BCUT2D eigenvalue weighted by Gasteiger charge is 2.07. The molecular weight excluding hydrogens is 230 g/mol. The van der Waals surface area contributed by atoms with Crippen LogP contribution in [0, 0.1) is 6.92 Å². The van der Waals surface area contributed by atoms with E-state index in [-0.39, 0.29) is 0 Å². The zero-order valence-corrected chi connectivity index (χ0v) is 10.2. The average molecular weight is 241 g/mol. The van der Waals surface area contributed by atoms with Crippen LogP contribution in [-0.2, 0) is 0 Å². The number of thiazole rings is 1. The fourth-order valence-corrected chi connectivity index (χ4v) is 2.41. The second kappa shape index (κ2) is 4.14. The SMILES string of the molecule is Cc1ncc(-c2c[nH]c(-c3ccccc3)n2)s1. The minimum atomic E-state index is 0.895. The van der Waals surface area contributed by atoms with Gasteiger partial charge in [0.15, 0.2) is 0 Å². The van der Waals surface area contributed by atoms with Gasteiger partial charge in [0, 0.05) is 18.0 Å². The number of nitrogens with one attached hydrogen (secondary N) is 1. The summed E-state index contributed by atoms with van der Waals surface area (Å²) in [4.78, 5) is 13.1. The summed E-state index contributed by atoms with van der Waals surface area (Å²) in [6, 6.07) is 10.1. The summed E-state index contributed by atoms with van der Waals surface area (Å²) >= 11 is 1.66. The molecule has 2 heterocycles. The summed E-state index contributed by atoms with van der Waals surface area (Å²) in [6.07, 6.45) is 3.79. The minimum absolute atomic E-state index is 0.895. The second-order valence-electron chi connectivity index (χ2n) is 3.74. The van der Waals surface area contributed by atoms with Gasteiger partial charge in [-0.2, -0.15) is 0 Å². The predicted molar refractivity (Wildman–Crippen MR) is 69.9 cm³/mol. The van der Waals surface area contributed by atoms with E-state index in [1.807, 2.05) is 49.6 Å².